The van der Waals surface area contributed by atoms with Gasteiger partial charge in [0.15, 0.2) is 11.5 Å². The van der Waals surface area contributed by atoms with Gasteiger partial charge in [-0.15, -0.1) is 0 Å². The fourth-order valence-electron chi connectivity index (χ4n) is 8.52. The zero-order valence-electron chi connectivity index (χ0n) is 28.3. The molecule has 3 aliphatic heterocycles. The Hall–Kier alpha value is -3.10. The first kappa shape index (κ1) is 32.8. The molecule has 46 heavy (non-hydrogen) atoms. The standard InChI is InChI=1S/C38H54N4O4/c1-39-23-25-41(26-24-39)37(44)38(31-13-9-6-10-14-31)17-21-40(22-18-38)19-16-33-32-28-35(46-3)34(45-2)27-30(32)15-20-42(33)36(43)29-11-7-4-5-8-12-29/h6,9-10,13-14,27-29,33H,4-5,7-8,11-12,15-26H2,1-3H3. The van der Waals surface area contributed by atoms with Crippen LogP contribution in [0.15, 0.2) is 42.5 Å². The summed E-state index contributed by atoms with van der Waals surface area (Å²) >= 11 is 0. The average molecular weight is 631 g/mol. The quantitative estimate of drug-likeness (QED) is 0.369. The van der Waals surface area contributed by atoms with Crippen LogP contribution in [-0.2, 0) is 21.4 Å². The molecule has 6 rings (SSSR count). The van der Waals surface area contributed by atoms with Gasteiger partial charge < -0.3 is 29.1 Å². The monoisotopic (exact) mass is 630 g/mol. The normalized spacial score (nSPS) is 23.0. The molecule has 250 valence electrons. The number of hydrogen-bond donors (Lipinski definition) is 0. The molecule has 1 saturated carbocycles. The van der Waals surface area contributed by atoms with Gasteiger partial charge in [-0.25, -0.2) is 0 Å². The number of carbonyl (C=O) groups excluding carboxylic acids is 2. The molecule has 3 heterocycles. The van der Waals surface area contributed by atoms with E-state index in [1.165, 1.54) is 24.0 Å². The Morgan fingerprint density at radius 2 is 1.48 bits per heavy atom. The van der Waals surface area contributed by atoms with Crippen molar-refractivity contribution in [3.05, 3.63) is 59.2 Å². The first-order valence-electron chi connectivity index (χ1n) is 17.7. The minimum absolute atomic E-state index is 0.00656. The summed E-state index contributed by atoms with van der Waals surface area (Å²) in [6, 6.07) is 14.7. The van der Waals surface area contributed by atoms with Crippen molar-refractivity contribution >= 4 is 11.8 Å². The van der Waals surface area contributed by atoms with E-state index in [2.05, 4.69) is 63.0 Å². The lowest BCUT2D eigenvalue weighted by molar-refractivity contribution is -0.142. The van der Waals surface area contributed by atoms with Crippen LogP contribution >= 0.6 is 0 Å². The molecule has 2 amide bonds. The highest BCUT2D eigenvalue weighted by Crippen LogP contribution is 2.42. The van der Waals surface area contributed by atoms with Gasteiger partial charge in [0, 0.05) is 45.2 Å². The number of likely N-dealkylation sites (tertiary alicyclic amines) is 1. The fraction of sp³-hybridized carbons (Fsp3) is 0.632. The van der Waals surface area contributed by atoms with Gasteiger partial charge >= 0.3 is 0 Å². The fourth-order valence-corrected chi connectivity index (χ4v) is 8.52. The van der Waals surface area contributed by atoms with E-state index < -0.39 is 5.41 Å². The van der Waals surface area contributed by atoms with Gasteiger partial charge in [-0.3, -0.25) is 9.59 Å². The van der Waals surface area contributed by atoms with E-state index in [9.17, 15) is 9.59 Å². The van der Waals surface area contributed by atoms with Crippen LogP contribution in [0.4, 0.5) is 0 Å². The summed E-state index contributed by atoms with van der Waals surface area (Å²) in [5.74, 6) is 2.25. The molecule has 2 aromatic rings. The Balaban J connectivity index is 1.20. The maximum atomic E-state index is 14.3. The topological polar surface area (TPSA) is 65.6 Å². The second kappa shape index (κ2) is 14.8. The Morgan fingerprint density at radius 3 is 2.13 bits per heavy atom. The van der Waals surface area contributed by atoms with Crippen LogP contribution in [0, 0.1) is 5.92 Å². The van der Waals surface area contributed by atoms with Crippen molar-refractivity contribution in [1.29, 1.82) is 0 Å². The first-order chi connectivity index (χ1) is 22.4. The minimum atomic E-state index is -0.476. The van der Waals surface area contributed by atoms with Gasteiger partial charge in [0.05, 0.1) is 25.7 Å². The maximum absolute atomic E-state index is 14.3. The second-order valence-electron chi connectivity index (χ2n) is 14.1. The van der Waals surface area contributed by atoms with E-state index >= 15 is 0 Å². The molecule has 4 aliphatic rings. The van der Waals surface area contributed by atoms with Crippen LogP contribution in [-0.4, -0.2) is 105 Å². The third-order valence-corrected chi connectivity index (χ3v) is 11.4. The molecule has 2 saturated heterocycles. The zero-order valence-corrected chi connectivity index (χ0v) is 28.3. The van der Waals surface area contributed by atoms with E-state index in [-0.39, 0.29) is 12.0 Å². The summed E-state index contributed by atoms with van der Waals surface area (Å²) in [5.41, 5.74) is 3.14. The van der Waals surface area contributed by atoms with Gasteiger partial charge in [0.2, 0.25) is 11.8 Å². The van der Waals surface area contributed by atoms with Crippen LogP contribution in [0.1, 0.15) is 80.5 Å². The van der Waals surface area contributed by atoms with E-state index in [1.807, 2.05) is 6.07 Å². The number of amides is 2. The van der Waals surface area contributed by atoms with Crippen molar-refractivity contribution in [1.82, 2.24) is 19.6 Å². The summed E-state index contributed by atoms with van der Waals surface area (Å²) in [6.45, 7) is 6.84. The molecule has 3 fully saturated rings. The largest absolute Gasteiger partial charge is 0.493 e. The van der Waals surface area contributed by atoms with Crippen molar-refractivity contribution < 1.29 is 19.1 Å². The summed E-state index contributed by atoms with van der Waals surface area (Å²) in [6.07, 6.45) is 10.1. The Kier molecular flexibility index (Phi) is 10.5. The van der Waals surface area contributed by atoms with Gasteiger partial charge in [-0.05, 0) is 87.5 Å². The number of fused-ring (bicyclic) bond motifs is 1. The van der Waals surface area contributed by atoms with Crippen LogP contribution in [0.25, 0.3) is 0 Å². The lowest BCUT2D eigenvalue weighted by Gasteiger charge is -2.46. The molecule has 1 atom stereocenters. The summed E-state index contributed by atoms with van der Waals surface area (Å²) in [7, 11) is 5.51. The molecule has 8 heteroatoms. The molecule has 2 aromatic carbocycles. The van der Waals surface area contributed by atoms with E-state index in [0.29, 0.717) is 11.8 Å². The molecule has 1 aliphatic carbocycles. The smallest absolute Gasteiger partial charge is 0.233 e. The number of nitrogens with zero attached hydrogens (tertiary/aromatic N) is 4. The van der Waals surface area contributed by atoms with Crippen LogP contribution < -0.4 is 9.47 Å². The summed E-state index contributed by atoms with van der Waals surface area (Å²) in [4.78, 5) is 37.6. The lowest BCUT2D eigenvalue weighted by Crippen LogP contribution is -2.57. The van der Waals surface area contributed by atoms with E-state index in [1.54, 1.807) is 14.2 Å². The van der Waals surface area contributed by atoms with Gasteiger partial charge in [0.1, 0.15) is 0 Å². The highest BCUT2D eigenvalue weighted by Gasteiger charge is 2.45. The van der Waals surface area contributed by atoms with Crippen molar-refractivity contribution in [3.8, 4) is 11.5 Å². The number of ether oxygens (including phenoxy) is 2. The number of benzene rings is 2. The number of carbonyl (C=O) groups is 2. The van der Waals surface area contributed by atoms with Crippen molar-refractivity contribution in [2.45, 2.75) is 75.7 Å². The number of piperazine rings is 1. The number of hydrogen-bond acceptors (Lipinski definition) is 6. The van der Waals surface area contributed by atoms with Crippen LogP contribution in [0.5, 0.6) is 11.5 Å². The summed E-state index contributed by atoms with van der Waals surface area (Å²) < 4.78 is 11.4. The predicted octanol–water partition coefficient (Wildman–Crippen LogP) is 5.30. The molecule has 0 spiro atoms. The molecular weight excluding hydrogens is 576 g/mol. The van der Waals surface area contributed by atoms with Crippen molar-refractivity contribution in [2.24, 2.45) is 5.92 Å². The number of piperidine rings is 1. The lowest BCUT2D eigenvalue weighted by atomic mass is 9.71. The third-order valence-electron chi connectivity index (χ3n) is 11.4. The Bertz CT molecular complexity index is 1330. The van der Waals surface area contributed by atoms with Crippen LogP contribution in [0.3, 0.4) is 0 Å². The van der Waals surface area contributed by atoms with Gasteiger partial charge in [0.25, 0.3) is 0 Å². The van der Waals surface area contributed by atoms with E-state index in [0.717, 1.165) is 121 Å². The van der Waals surface area contributed by atoms with Gasteiger partial charge in [-0.2, -0.15) is 0 Å². The average Bonchev–Trinajstić information content (AvgIpc) is 3.40. The third kappa shape index (κ3) is 6.79. The zero-order chi connectivity index (χ0) is 32.1. The number of rotatable bonds is 8. The molecule has 0 N–H and O–H groups in total. The predicted molar refractivity (Wildman–Crippen MR) is 181 cm³/mol. The molecule has 0 radical (unpaired) electrons. The first-order valence-corrected chi connectivity index (χ1v) is 17.7. The molecule has 1 unspecified atom stereocenters. The highest BCUT2D eigenvalue weighted by atomic mass is 16.5. The molecule has 0 bridgehead atoms. The highest BCUT2D eigenvalue weighted by molar-refractivity contribution is 5.88. The molecular formula is C38H54N4O4. The molecule has 0 aromatic heterocycles. The van der Waals surface area contributed by atoms with Gasteiger partial charge in [-0.1, -0.05) is 56.0 Å². The number of likely N-dealkylation sites (N-methyl/N-ethyl adjacent to an activating group) is 1. The van der Waals surface area contributed by atoms with Crippen LogP contribution in [0.2, 0.25) is 0 Å². The Labute approximate surface area is 276 Å². The Morgan fingerprint density at radius 1 is 0.826 bits per heavy atom. The van der Waals surface area contributed by atoms with Crippen molar-refractivity contribution in [2.75, 3.05) is 73.6 Å². The van der Waals surface area contributed by atoms with Crippen molar-refractivity contribution in [3.63, 3.8) is 0 Å². The minimum Gasteiger partial charge on any atom is -0.493 e. The molecule has 8 nitrogen and oxygen atoms in total. The second-order valence-corrected chi connectivity index (χ2v) is 14.1. The number of methoxy groups -OCH3 is 2. The van der Waals surface area contributed by atoms with E-state index in [4.69, 9.17) is 9.47 Å². The SMILES string of the molecule is COc1cc2c(cc1OC)C(CCN1CCC(C(=O)N3CCN(C)CC3)(c3ccccc3)CC1)N(C(=O)C1CCCCCC1)CC2. The maximum Gasteiger partial charge on any atom is 0.233 e. The summed E-state index contributed by atoms with van der Waals surface area (Å²) in [5, 5.41) is 0.